The SMILES string of the molecule is CCOC(=O)[C@H](Cl)[C@@H](O)CC. The second-order valence-electron chi connectivity index (χ2n) is 2.13. The molecule has 0 heterocycles. The molecule has 1 N–H and O–H groups in total. The van der Waals surface area contributed by atoms with Crippen molar-refractivity contribution in [1.82, 2.24) is 0 Å². The zero-order valence-electron chi connectivity index (χ0n) is 6.71. The van der Waals surface area contributed by atoms with Gasteiger partial charge in [-0.25, -0.2) is 0 Å². The van der Waals surface area contributed by atoms with Crippen LogP contribution in [0.15, 0.2) is 0 Å². The Kier molecular flexibility index (Phi) is 5.24. The molecular formula is C7H13ClO3. The third kappa shape index (κ3) is 3.58. The van der Waals surface area contributed by atoms with Crippen LogP contribution < -0.4 is 0 Å². The summed E-state index contributed by atoms with van der Waals surface area (Å²) in [5.41, 5.74) is 0. The number of aliphatic hydroxyl groups is 1. The van der Waals surface area contributed by atoms with E-state index in [-0.39, 0.29) is 0 Å². The van der Waals surface area contributed by atoms with E-state index in [1.165, 1.54) is 0 Å². The van der Waals surface area contributed by atoms with Crippen LogP contribution >= 0.6 is 11.6 Å². The topological polar surface area (TPSA) is 46.5 Å². The van der Waals surface area contributed by atoms with Crippen LogP contribution in [0.2, 0.25) is 0 Å². The van der Waals surface area contributed by atoms with Crippen molar-refractivity contribution in [3.8, 4) is 0 Å². The van der Waals surface area contributed by atoms with Crippen molar-refractivity contribution in [3.63, 3.8) is 0 Å². The van der Waals surface area contributed by atoms with Crippen molar-refractivity contribution in [2.24, 2.45) is 0 Å². The highest BCUT2D eigenvalue weighted by Crippen LogP contribution is 2.08. The summed E-state index contributed by atoms with van der Waals surface area (Å²) in [7, 11) is 0. The average molecular weight is 181 g/mol. The van der Waals surface area contributed by atoms with Crippen LogP contribution in [0.1, 0.15) is 20.3 Å². The van der Waals surface area contributed by atoms with E-state index >= 15 is 0 Å². The molecule has 0 rings (SSSR count). The molecule has 66 valence electrons. The van der Waals surface area contributed by atoms with Gasteiger partial charge in [0.25, 0.3) is 0 Å². The fraction of sp³-hybridized carbons (Fsp3) is 0.857. The van der Waals surface area contributed by atoms with Gasteiger partial charge in [0, 0.05) is 0 Å². The van der Waals surface area contributed by atoms with Gasteiger partial charge in [-0.2, -0.15) is 0 Å². The maximum atomic E-state index is 10.8. The lowest BCUT2D eigenvalue weighted by molar-refractivity contribution is -0.144. The van der Waals surface area contributed by atoms with Crippen LogP contribution in [0, 0.1) is 0 Å². The third-order valence-corrected chi connectivity index (χ3v) is 1.74. The van der Waals surface area contributed by atoms with E-state index in [2.05, 4.69) is 4.74 Å². The lowest BCUT2D eigenvalue weighted by Crippen LogP contribution is -2.30. The molecule has 0 amide bonds. The van der Waals surface area contributed by atoms with Gasteiger partial charge in [0.2, 0.25) is 0 Å². The first-order chi connectivity index (χ1) is 5.13. The van der Waals surface area contributed by atoms with Crippen molar-refractivity contribution >= 4 is 17.6 Å². The fourth-order valence-electron chi connectivity index (χ4n) is 0.586. The maximum absolute atomic E-state index is 10.8. The summed E-state index contributed by atoms with van der Waals surface area (Å²) in [6.07, 6.45) is -0.358. The molecule has 2 atom stereocenters. The first kappa shape index (κ1) is 10.7. The lowest BCUT2D eigenvalue weighted by Gasteiger charge is -2.12. The Bertz CT molecular complexity index is 127. The molecule has 0 fully saturated rings. The largest absolute Gasteiger partial charge is 0.465 e. The molecule has 3 nitrogen and oxygen atoms in total. The molecule has 0 saturated carbocycles. The molecule has 0 aromatic rings. The standard InChI is InChI=1S/C7H13ClO3/c1-3-5(9)6(8)7(10)11-4-2/h5-6,9H,3-4H2,1-2H3/t5-,6+/m0/s1. The number of carbonyl (C=O) groups excluding carboxylic acids is 1. The van der Waals surface area contributed by atoms with E-state index in [1.807, 2.05) is 0 Å². The fourth-order valence-corrected chi connectivity index (χ4v) is 0.827. The van der Waals surface area contributed by atoms with Crippen molar-refractivity contribution < 1.29 is 14.6 Å². The van der Waals surface area contributed by atoms with Crippen LogP contribution in [0.5, 0.6) is 0 Å². The molecule has 11 heavy (non-hydrogen) atoms. The van der Waals surface area contributed by atoms with Gasteiger partial charge >= 0.3 is 5.97 Å². The van der Waals surface area contributed by atoms with E-state index in [0.717, 1.165) is 0 Å². The van der Waals surface area contributed by atoms with Crippen molar-refractivity contribution in [1.29, 1.82) is 0 Å². The summed E-state index contributed by atoms with van der Waals surface area (Å²) >= 11 is 5.54. The van der Waals surface area contributed by atoms with Crippen LogP contribution in [-0.2, 0) is 9.53 Å². The Morgan fingerprint density at radius 1 is 1.64 bits per heavy atom. The number of rotatable bonds is 4. The van der Waals surface area contributed by atoms with Gasteiger partial charge in [0.1, 0.15) is 0 Å². The Balaban J connectivity index is 3.80. The molecule has 0 aliphatic heterocycles. The number of aliphatic hydroxyl groups excluding tert-OH is 1. The van der Waals surface area contributed by atoms with Gasteiger partial charge in [0.15, 0.2) is 5.38 Å². The second-order valence-corrected chi connectivity index (χ2v) is 2.60. The van der Waals surface area contributed by atoms with Crippen LogP contribution in [0.3, 0.4) is 0 Å². The van der Waals surface area contributed by atoms with E-state index in [1.54, 1.807) is 13.8 Å². The summed E-state index contributed by atoms with van der Waals surface area (Å²) in [5, 5.41) is 8.16. The quantitative estimate of drug-likeness (QED) is 0.517. The molecule has 0 aromatic heterocycles. The highest BCUT2D eigenvalue weighted by Gasteiger charge is 2.23. The number of carbonyl (C=O) groups is 1. The van der Waals surface area contributed by atoms with Gasteiger partial charge < -0.3 is 9.84 Å². The predicted octanol–water partition coefficient (Wildman–Crippen LogP) is 0.928. The molecule has 0 aromatic carbocycles. The van der Waals surface area contributed by atoms with Crippen LogP contribution in [0.4, 0.5) is 0 Å². The monoisotopic (exact) mass is 180 g/mol. The normalized spacial score (nSPS) is 15.6. The van der Waals surface area contributed by atoms with Crippen LogP contribution in [-0.4, -0.2) is 29.2 Å². The number of esters is 1. The summed E-state index contributed by atoms with van der Waals surface area (Å²) in [6, 6.07) is 0. The number of hydrogen-bond donors (Lipinski definition) is 1. The number of alkyl halides is 1. The van der Waals surface area contributed by atoms with E-state index in [9.17, 15) is 4.79 Å². The molecule has 0 saturated heterocycles. The predicted molar refractivity (Wildman–Crippen MR) is 42.6 cm³/mol. The molecule has 0 aliphatic carbocycles. The van der Waals surface area contributed by atoms with Crippen molar-refractivity contribution in [3.05, 3.63) is 0 Å². The summed E-state index contributed by atoms with van der Waals surface area (Å²) < 4.78 is 4.60. The van der Waals surface area contributed by atoms with Gasteiger partial charge in [-0.1, -0.05) is 6.92 Å². The second kappa shape index (κ2) is 5.38. The first-order valence-corrected chi connectivity index (χ1v) is 4.05. The Labute approximate surface area is 71.3 Å². The maximum Gasteiger partial charge on any atom is 0.326 e. The Morgan fingerprint density at radius 2 is 2.18 bits per heavy atom. The number of halogens is 1. The summed E-state index contributed by atoms with van der Waals surface area (Å²) in [4.78, 5) is 10.8. The van der Waals surface area contributed by atoms with E-state index in [0.29, 0.717) is 13.0 Å². The molecule has 0 aliphatic rings. The Morgan fingerprint density at radius 3 is 2.55 bits per heavy atom. The number of hydrogen-bond acceptors (Lipinski definition) is 3. The molecule has 0 bridgehead atoms. The molecular weight excluding hydrogens is 168 g/mol. The van der Waals surface area contributed by atoms with Gasteiger partial charge in [-0.3, -0.25) is 4.79 Å². The molecule has 4 heteroatoms. The lowest BCUT2D eigenvalue weighted by atomic mass is 10.2. The average Bonchev–Trinajstić information content (AvgIpc) is 2.02. The smallest absolute Gasteiger partial charge is 0.326 e. The van der Waals surface area contributed by atoms with Crippen molar-refractivity contribution in [2.75, 3.05) is 6.61 Å². The summed E-state index contributed by atoms with van der Waals surface area (Å²) in [5.74, 6) is -0.552. The molecule has 0 radical (unpaired) electrons. The molecule has 0 spiro atoms. The highest BCUT2D eigenvalue weighted by molar-refractivity contribution is 6.30. The highest BCUT2D eigenvalue weighted by atomic mass is 35.5. The zero-order valence-corrected chi connectivity index (χ0v) is 7.47. The first-order valence-electron chi connectivity index (χ1n) is 3.62. The van der Waals surface area contributed by atoms with Gasteiger partial charge in [-0.15, -0.1) is 11.6 Å². The number of ether oxygens (including phenoxy) is 1. The van der Waals surface area contributed by atoms with E-state index in [4.69, 9.17) is 16.7 Å². The Hall–Kier alpha value is -0.280. The minimum atomic E-state index is -0.931. The minimum Gasteiger partial charge on any atom is -0.465 e. The van der Waals surface area contributed by atoms with Gasteiger partial charge in [0.05, 0.1) is 12.7 Å². The van der Waals surface area contributed by atoms with E-state index < -0.39 is 17.5 Å². The third-order valence-electron chi connectivity index (χ3n) is 1.27. The molecule has 0 unspecified atom stereocenters. The zero-order chi connectivity index (χ0) is 8.85. The van der Waals surface area contributed by atoms with Crippen LogP contribution in [0.25, 0.3) is 0 Å². The van der Waals surface area contributed by atoms with Gasteiger partial charge in [-0.05, 0) is 13.3 Å². The van der Waals surface area contributed by atoms with Crippen molar-refractivity contribution in [2.45, 2.75) is 31.7 Å². The summed E-state index contributed by atoms with van der Waals surface area (Å²) in [6.45, 7) is 3.73. The minimum absolute atomic E-state index is 0.290.